The zero-order chi connectivity index (χ0) is 8.10. The Morgan fingerprint density at radius 2 is 1.91 bits per heavy atom. The van der Waals surface area contributed by atoms with Gasteiger partial charge >= 0.3 is 0 Å². The van der Waals surface area contributed by atoms with E-state index in [0.29, 0.717) is 6.04 Å². The fourth-order valence-electron chi connectivity index (χ4n) is 1.64. The summed E-state index contributed by atoms with van der Waals surface area (Å²) in [4.78, 5) is 0. The van der Waals surface area contributed by atoms with Crippen LogP contribution in [0, 0.1) is 5.92 Å². The minimum absolute atomic E-state index is 0.466. The van der Waals surface area contributed by atoms with Crippen molar-refractivity contribution in [1.82, 2.24) is 0 Å². The van der Waals surface area contributed by atoms with E-state index < -0.39 is 0 Å². The van der Waals surface area contributed by atoms with Crippen molar-refractivity contribution in [2.75, 3.05) is 13.2 Å². The number of hydrogen-bond donors (Lipinski definition) is 1. The second kappa shape index (κ2) is 4.73. The van der Waals surface area contributed by atoms with Gasteiger partial charge < -0.3 is 10.5 Å². The largest absolute Gasteiger partial charge is 0.381 e. The number of hydrogen-bond acceptors (Lipinski definition) is 2. The molecule has 0 spiro atoms. The molecule has 0 aromatic carbocycles. The van der Waals surface area contributed by atoms with Crippen molar-refractivity contribution < 1.29 is 4.74 Å². The fourth-order valence-corrected chi connectivity index (χ4v) is 1.64. The van der Waals surface area contributed by atoms with Crippen LogP contribution in [0.3, 0.4) is 0 Å². The lowest BCUT2D eigenvalue weighted by Crippen LogP contribution is -2.28. The summed E-state index contributed by atoms with van der Waals surface area (Å²) in [7, 11) is 0. The van der Waals surface area contributed by atoms with Gasteiger partial charge in [0.2, 0.25) is 0 Å². The van der Waals surface area contributed by atoms with E-state index in [1.165, 1.54) is 25.7 Å². The molecular formula is C9H19NO. The standard InChI is InChI=1S/C9H19NO/c1-2-11-7-8-3-5-9(10)6-4-8/h8-9H,2-7,10H2,1H3/t8-,9+. The van der Waals surface area contributed by atoms with Gasteiger partial charge in [-0.3, -0.25) is 0 Å². The van der Waals surface area contributed by atoms with Gasteiger partial charge in [-0.15, -0.1) is 0 Å². The third-order valence-corrected chi connectivity index (χ3v) is 2.45. The lowest BCUT2D eigenvalue weighted by molar-refractivity contribution is 0.0923. The van der Waals surface area contributed by atoms with Gasteiger partial charge in [0.05, 0.1) is 0 Å². The van der Waals surface area contributed by atoms with Crippen molar-refractivity contribution in [1.29, 1.82) is 0 Å². The third-order valence-electron chi connectivity index (χ3n) is 2.45. The molecule has 66 valence electrons. The normalized spacial score (nSPS) is 32.2. The zero-order valence-electron chi connectivity index (χ0n) is 7.38. The Morgan fingerprint density at radius 3 is 2.45 bits per heavy atom. The highest BCUT2D eigenvalue weighted by Crippen LogP contribution is 2.22. The van der Waals surface area contributed by atoms with E-state index in [4.69, 9.17) is 10.5 Å². The maximum Gasteiger partial charge on any atom is 0.0494 e. The molecule has 2 nitrogen and oxygen atoms in total. The summed E-state index contributed by atoms with van der Waals surface area (Å²) in [6, 6.07) is 0.466. The van der Waals surface area contributed by atoms with E-state index >= 15 is 0 Å². The lowest BCUT2D eigenvalue weighted by Gasteiger charge is -2.25. The quantitative estimate of drug-likeness (QED) is 0.674. The van der Waals surface area contributed by atoms with Gasteiger partial charge in [0.15, 0.2) is 0 Å². The Labute approximate surface area is 69.1 Å². The summed E-state index contributed by atoms with van der Waals surface area (Å²) >= 11 is 0. The minimum atomic E-state index is 0.466. The molecule has 0 unspecified atom stereocenters. The van der Waals surface area contributed by atoms with Crippen LogP contribution in [0.25, 0.3) is 0 Å². The summed E-state index contributed by atoms with van der Waals surface area (Å²) in [5.74, 6) is 0.787. The van der Waals surface area contributed by atoms with E-state index in [0.717, 1.165) is 19.1 Å². The maximum atomic E-state index is 5.78. The van der Waals surface area contributed by atoms with Crippen LogP contribution in [-0.4, -0.2) is 19.3 Å². The predicted octanol–water partition coefficient (Wildman–Crippen LogP) is 1.54. The molecule has 1 saturated carbocycles. The van der Waals surface area contributed by atoms with Crippen molar-refractivity contribution in [3.8, 4) is 0 Å². The molecule has 0 aromatic rings. The molecule has 0 radical (unpaired) electrons. The highest BCUT2D eigenvalue weighted by molar-refractivity contribution is 4.73. The topological polar surface area (TPSA) is 35.2 Å². The highest BCUT2D eigenvalue weighted by Gasteiger charge is 2.17. The van der Waals surface area contributed by atoms with Gasteiger partial charge in [-0.1, -0.05) is 0 Å². The molecule has 1 fully saturated rings. The van der Waals surface area contributed by atoms with Gasteiger partial charge in [0.25, 0.3) is 0 Å². The van der Waals surface area contributed by atoms with E-state index in [-0.39, 0.29) is 0 Å². The maximum absolute atomic E-state index is 5.78. The monoisotopic (exact) mass is 157 g/mol. The average Bonchev–Trinajstić information content (AvgIpc) is 2.04. The Morgan fingerprint density at radius 1 is 1.27 bits per heavy atom. The first-order valence-corrected chi connectivity index (χ1v) is 4.66. The van der Waals surface area contributed by atoms with Crippen LogP contribution < -0.4 is 5.73 Å². The van der Waals surface area contributed by atoms with Crippen molar-refractivity contribution in [3.63, 3.8) is 0 Å². The first kappa shape index (κ1) is 9.01. The Hall–Kier alpha value is -0.0800. The molecule has 1 aliphatic carbocycles. The van der Waals surface area contributed by atoms with E-state index in [1.54, 1.807) is 0 Å². The van der Waals surface area contributed by atoms with E-state index in [1.807, 2.05) is 0 Å². The minimum Gasteiger partial charge on any atom is -0.381 e. The van der Waals surface area contributed by atoms with Crippen molar-refractivity contribution in [2.24, 2.45) is 11.7 Å². The first-order valence-electron chi connectivity index (χ1n) is 4.66. The van der Waals surface area contributed by atoms with Crippen LogP contribution in [0.4, 0.5) is 0 Å². The smallest absolute Gasteiger partial charge is 0.0494 e. The lowest BCUT2D eigenvalue weighted by atomic mass is 9.87. The van der Waals surface area contributed by atoms with Crippen LogP contribution in [0.2, 0.25) is 0 Å². The second-order valence-corrected chi connectivity index (χ2v) is 3.44. The molecule has 0 amide bonds. The average molecular weight is 157 g/mol. The van der Waals surface area contributed by atoms with Gasteiger partial charge in [-0.25, -0.2) is 0 Å². The van der Waals surface area contributed by atoms with Gasteiger partial charge in [-0.05, 0) is 38.5 Å². The molecule has 0 aliphatic heterocycles. The molecule has 0 atom stereocenters. The summed E-state index contributed by atoms with van der Waals surface area (Å²) in [5, 5.41) is 0. The third kappa shape index (κ3) is 3.21. The summed E-state index contributed by atoms with van der Waals surface area (Å²) < 4.78 is 5.37. The van der Waals surface area contributed by atoms with Crippen LogP contribution in [0.15, 0.2) is 0 Å². The SMILES string of the molecule is CCOC[C@H]1CC[C@@H](N)CC1. The van der Waals surface area contributed by atoms with Crippen molar-refractivity contribution in [2.45, 2.75) is 38.6 Å². The molecule has 11 heavy (non-hydrogen) atoms. The molecular weight excluding hydrogens is 138 g/mol. The molecule has 1 rings (SSSR count). The Balaban J connectivity index is 2.07. The fraction of sp³-hybridized carbons (Fsp3) is 1.00. The summed E-state index contributed by atoms with van der Waals surface area (Å²) in [5.41, 5.74) is 5.78. The highest BCUT2D eigenvalue weighted by atomic mass is 16.5. The van der Waals surface area contributed by atoms with E-state index in [2.05, 4.69) is 6.92 Å². The second-order valence-electron chi connectivity index (χ2n) is 3.44. The number of rotatable bonds is 3. The molecule has 0 saturated heterocycles. The molecule has 0 aromatic heterocycles. The van der Waals surface area contributed by atoms with Crippen LogP contribution in [0.5, 0.6) is 0 Å². The van der Waals surface area contributed by atoms with Crippen molar-refractivity contribution >= 4 is 0 Å². The number of nitrogens with two attached hydrogens (primary N) is 1. The molecule has 1 aliphatic rings. The first-order chi connectivity index (χ1) is 5.33. The van der Waals surface area contributed by atoms with Gasteiger partial charge in [0, 0.05) is 19.3 Å². The predicted molar refractivity (Wildman–Crippen MR) is 46.4 cm³/mol. The van der Waals surface area contributed by atoms with Gasteiger partial charge in [0.1, 0.15) is 0 Å². The van der Waals surface area contributed by atoms with Crippen LogP contribution in [-0.2, 0) is 4.74 Å². The Kier molecular flexibility index (Phi) is 3.87. The molecule has 2 N–H and O–H groups in total. The van der Waals surface area contributed by atoms with Crippen molar-refractivity contribution in [3.05, 3.63) is 0 Å². The van der Waals surface area contributed by atoms with Gasteiger partial charge in [-0.2, -0.15) is 0 Å². The van der Waals surface area contributed by atoms with Crippen LogP contribution in [0.1, 0.15) is 32.6 Å². The molecule has 0 heterocycles. The number of ether oxygens (including phenoxy) is 1. The molecule has 0 bridgehead atoms. The molecule has 2 heteroatoms. The zero-order valence-corrected chi connectivity index (χ0v) is 7.38. The van der Waals surface area contributed by atoms with Crippen LogP contribution >= 0.6 is 0 Å². The summed E-state index contributed by atoms with van der Waals surface area (Å²) in [6.07, 6.45) is 4.91. The van der Waals surface area contributed by atoms with E-state index in [9.17, 15) is 0 Å². The summed E-state index contributed by atoms with van der Waals surface area (Å²) in [6.45, 7) is 3.85. The Bertz CT molecular complexity index is 95.0.